The van der Waals surface area contributed by atoms with Crippen LogP contribution in [0.1, 0.15) is 68.6 Å². The molecule has 0 bridgehead atoms. The molecular formula is C26H37N3O2S. The minimum absolute atomic E-state index is 0.000122. The molecule has 2 heterocycles. The summed E-state index contributed by atoms with van der Waals surface area (Å²) in [4.78, 5) is 33.0. The SMILES string of the molecule is CCC(C)N(CC(=O)N1CCc2sccc2C1c1ccc(C(C)(C)C)cc1)C(=O)N(C)C. The van der Waals surface area contributed by atoms with Gasteiger partial charge in [0.15, 0.2) is 0 Å². The van der Waals surface area contributed by atoms with Gasteiger partial charge in [-0.1, -0.05) is 52.0 Å². The summed E-state index contributed by atoms with van der Waals surface area (Å²) in [5.74, 6) is 0.00208. The lowest BCUT2D eigenvalue weighted by molar-refractivity contribution is -0.134. The van der Waals surface area contributed by atoms with Crippen LogP contribution < -0.4 is 0 Å². The Bertz CT molecular complexity index is 943. The van der Waals surface area contributed by atoms with Gasteiger partial charge >= 0.3 is 6.03 Å². The summed E-state index contributed by atoms with van der Waals surface area (Å²) in [7, 11) is 3.47. The highest BCUT2D eigenvalue weighted by Crippen LogP contribution is 2.38. The Kier molecular flexibility index (Phi) is 7.33. The zero-order valence-electron chi connectivity index (χ0n) is 20.5. The molecule has 174 valence electrons. The third kappa shape index (κ3) is 5.01. The normalized spacial score (nSPS) is 17.0. The molecule has 0 fully saturated rings. The Morgan fingerprint density at radius 3 is 2.38 bits per heavy atom. The van der Waals surface area contributed by atoms with Crippen LogP contribution in [0.4, 0.5) is 4.79 Å². The summed E-state index contributed by atoms with van der Waals surface area (Å²) in [5, 5.41) is 2.12. The molecule has 0 N–H and O–H groups in total. The van der Waals surface area contributed by atoms with Crippen LogP contribution in [0.25, 0.3) is 0 Å². The minimum atomic E-state index is -0.119. The maximum atomic E-state index is 13.6. The maximum Gasteiger partial charge on any atom is 0.320 e. The molecule has 1 aliphatic rings. The van der Waals surface area contributed by atoms with Gasteiger partial charge in [-0.25, -0.2) is 4.79 Å². The van der Waals surface area contributed by atoms with Crippen molar-refractivity contribution < 1.29 is 9.59 Å². The molecule has 0 spiro atoms. The first-order valence-corrected chi connectivity index (χ1v) is 12.4. The topological polar surface area (TPSA) is 43.9 Å². The summed E-state index contributed by atoms with van der Waals surface area (Å²) in [6.07, 6.45) is 1.67. The quantitative estimate of drug-likeness (QED) is 0.614. The number of carbonyl (C=O) groups excluding carboxylic acids is 2. The van der Waals surface area contributed by atoms with Crippen molar-refractivity contribution in [3.05, 3.63) is 57.3 Å². The van der Waals surface area contributed by atoms with Crippen molar-refractivity contribution in [1.82, 2.24) is 14.7 Å². The number of fused-ring (bicyclic) bond motifs is 1. The molecule has 5 nitrogen and oxygen atoms in total. The largest absolute Gasteiger partial charge is 0.331 e. The summed E-state index contributed by atoms with van der Waals surface area (Å²) < 4.78 is 0. The number of amides is 3. The van der Waals surface area contributed by atoms with Crippen LogP contribution in [0.5, 0.6) is 0 Å². The number of rotatable bonds is 5. The number of hydrogen-bond donors (Lipinski definition) is 0. The van der Waals surface area contributed by atoms with E-state index in [0.717, 1.165) is 18.4 Å². The van der Waals surface area contributed by atoms with Crippen LogP contribution in [0.2, 0.25) is 0 Å². The average Bonchev–Trinajstić information content (AvgIpc) is 3.23. The van der Waals surface area contributed by atoms with E-state index >= 15 is 0 Å². The Balaban J connectivity index is 1.93. The summed E-state index contributed by atoms with van der Waals surface area (Å²) >= 11 is 1.77. The van der Waals surface area contributed by atoms with Crippen LogP contribution in [0, 0.1) is 0 Å². The van der Waals surface area contributed by atoms with Gasteiger partial charge in [0.25, 0.3) is 0 Å². The number of carbonyl (C=O) groups is 2. The van der Waals surface area contributed by atoms with E-state index in [-0.39, 0.29) is 36.0 Å². The predicted octanol–water partition coefficient (Wildman–Crippen LogP) is 5.30. The number of nitrogens with zero attached hydrogens (tertiary/aromatic N) is 3. The number of hydrogen-bond acceptors (Lipinski definition) is 3. The van der Waals surface area contributed by atoms with Gasteiger partial charge in [0, 0.05) is 31.6 Å². The Labute approximate surface area is 197 Å². The second-order valence-corrected chi connectivity index (χ2v) is 11.0. The van der Waals surface area contributed by atoms with Gasteiger partial charge in [-0.05, 0) is 53.3 Å². The van der Waals surface area contributed by atoms with E-state index < -0.39 is 0 Å². The molecule has 1 aromatic carbocycles. The van der Waals surface area contributed by atoms with Crippen LogP contribution in [-0.2, 0) is 16.6 Å². The predicted molar refractivity (Wildman–Crippen MR) is 132 cm³/mol. The van der Waals surface area contributed by atoms with Crippen molar-refractivity contribution in [2.24, 2.45) is 0 Å². The van der Waals surface area contributed by atoms with Crippen molar-refractivity contribution in [1.29, 1.82) is 0 Å². The molecule has 2 aromatic rings. The van der Waals surface area contributed by atoms with Crippen LogP contribution >= 0.6 is 11.3 Å². The fourth-order valence-corrected chi connectivity index (χ4v) is 5.14. The summed E-state index contributed by atoms with van der Waals surface area (Å²) in [6.45, 7) is 11.4. The monoisotopic (exact) mass is 455 g/mol. The van der Waals surface area contributed by atoms with E-state index in [9.17, 15) is 9.59 Å². The fraction of sp³-hybridized carbons (Fsp3) is 0.538. The van der Waals surface area contributed by atoms with Gasteiger partial charge in [0.1, 0.15) is 6.54 Å². The zero-order chi connectivity index (χ0) is 23.6. The van der Waals surface area contributed by atoms with Gasteiger partial charge in [0.05, 0.1) is 6.04 Å². The molecular weight excluding hydrogens is 418 g/mol. The first-order valence-electron chi connectivity index (χ1n) is 11.5. The first kappa shape index (κ1) is 24.3. The highest BCUT2D eigenvalue weighted by Gasteiger charge is 2.35. The molecule has 1 aliphatic heterocycles. The number of thiophene rings is 1. The lowest BCUT2D eigenvalue weighted by Gasteiger charge is -2.39. The first-order chi connectivity index (χ1) is 15.0. The molecule has 6 heteroatoms. The van der Waals surface area contributed by atoms with Crippen molar-refractivity contribution in [2.75, 3.05) is 27.2 Å². The summed E-state index contributed by atoms with van der Waals surface area (Å²) in [5.41, 5.74) is 3.70. The van der Waals surface area contributed by atoms with Crippen molar-refractivity contribution in [2.45, 2.75) is 65.0 Å². The zero-order valence-corrected chi connectivity index (χ0v) is 21.3. The van der Waals surface area contributed by atoms with Crippen molar-refractivity contribution >= 4 is 23.3 Å². The fourth-order valence-electron chi connectivity index (χ4n) is 4.24. The van der Waals surface area contributed by atoms with Gasteiger partial charge in [-0.15, -0.1) is 11.3 Å². The molecule has 2 atom stereocenters. The lowest BCUT2D eigenvalue weighted by Crippen LogP contribution is -2.51. The molecule has 2 unspecified atom stereocenters. The van der Waals surface area contributed by atoms with Crippen molar-refractivity contribution in [3.8, 4) is 0 Å². The van der Waals surface area contributed by atoms with Crippen molar-refractivity contribution in [3.63, 3.8) is 0 Å². The Hall–Kier alpha value is -2.34. The standard InChI is InChI=1S/C26H37N3O2S/c1-8-18(2)29(25(31)27(6)7)17-23(30)28-15-13-22-21(14-16-32-22)24(28)19-9-11-20(12-10-19)26(3,4)5/h9-12,14,16,18,24H,8,13,15,17H2,1-7H3. The smallest absolute Gasteiger partial charge is 0.320 e. The number of benzene rings is 1. The van der Waals surface area contributed by atoms with E-state index in [0.29, 0.717) is 6.54 Å². The Morgan fingerprint density at radius 2 is 1.81 bits per heavy atom. The van der Waals surface area contributed by atoms with E-state index in [1.54, 1.807) is 35.2 Å². The van der Waals surface area contributed by atoms with E-state index in [2.05, 4.69) is 56.5 Å². The maximum absolute atomic E-state index is 13.6. The highest BCUT2D eigenvalue weighted by atomic mass is 32.1. The highest BCUT2D eigenvalue weighted by molar-refractivity contribution is 7.10. The van der Waals surface area contributed by atoms with Crippen LogP contribution in [0.3, 0.4) is 0 Å². The third-order valence-corrected chi connectivity index (χ3v) is 7.43. The minimum Gasteiger partial charge on any atom is -0.331 e. The second kappa shape index (κ2) is 9.65. The molecule has 1 aromatic heterocycles. The molecule has 0 saturated heterocycles. The lowest BCUT2D eigenvalue weighted by atomic mass is 9.85. The molecule has 3 rings (SSSR count). The number of urea groups is 1. The third-order valence-electron chi connectivity index (χ3n) is 6.44. The molecule has 3 amide bonds. The summed E-state index contributed by atoms with van der Waals surface area (Å²) in [6, 6.07) is 10.6. The van der Waals surface area contributed by atoms with Crippen LogP contribution in [-0.4, -0.2) is 59.9 Å². The van der Waals surface area contributed by atoms with Crippen LogP contribution in [0.15, 0.2) is 35.7 Å². The van der Waals surface area contributed by atoms with Gasteiger partial charge in [0.2, 0.25) is 5.91 Å². The second-order valence-electron chi connectivity index (χ2n) is 9.97. The molecule has 0 radical (unpaired) electrons. The van der Waals surface area contributed by atoms with Gasteiger partial charge in [-0.3, -0.25) is 4.79 Å². The Morgan fingerprint density at radius 1 is 1.16 bits per heavy atom. The van der Waals surface area contributed by atoms with Gasteiger partial charge < -0.3 is 14.7 Å². The van der Waals surface area contributed by atoms with E-state index in [4.69, 9.17) is 0 Å². The van der Waals surface area contributed by atoms with E-state index in [1.807, 2.05) is 18.7 Å². The van der Waals surface area contributed by atoms with E-state index in [1.165, 1.54) is 16.0 Å². The van der Waals surface area contributed by atoms with Gasteiger partial charge in [-0.2, -0.15) is 0 Å². The molecule has 0 saturated carbocycles. The molecule has 0 aliphatic carbocycles. The average molecular weight is 456 g/mol. The molecule has 32 heavy (non-hydrogen) atoms.